The van der Waals surface area contributed by atoms with E-state index in [1.54, 1.807) is 13.2 Å². The highest BCUT2D eigenvalue weighted by molar-refractivity contribution is 14.1. The first-order chi connectivity index (χ1) is 7.15. The highest BCUT2D eigenvalue weighted by Gasteiger charge is 2.04. The van der Waals surface area contributed by atoms with Crippen LogP contribution in [0.5, 0.6) is 0 Å². The van der Waals surface area contributed by atoms with E-state index in [2.05, 4.69) is 5.32 Å². The molecule has 1 aromatic rings. The van der Waals surface area contributed by atoms with Crippen LogP contribution in [0.4, 0.5) is 15.8 Å². The van der Waals surface area contributed by atoms with E-state index >= 15 is 0 Å². The van der Waals surface area contributed by atoms with E-state index in [4.69, 9.17) is 10.5 Å². The largest absolute Gasteiger partial charge is 0.397 e. The Kier molecular flexibility index (Phi) is 5.10. The van der Waals surface area contributed by atoms with Crippen LogP contribution in [0.25, 0.3) is 0 Å². The molecule has 5 heteroatoms. The van der Waals surface area contributed by atoms with Gasteiger partial charge in [0.25, 0.3) is 0 Å². The Morgan fingerprint density at radius 2 is 2.27 bits per heavy atom. The number of rotatable bonds is 5. The number of hydrogen-bond donors (Lipinski definition) is 2. The maximum Gasteiger partial charge on any atom is 0.138 e. The Bertz CT molecular complexity index is 333. The molecule has 0 aliphatic heterocycles. The molecule has 0 unspecified atom stereocenters. The fourth-order valence-corrected chi connectivity index (χ4v) is 1.65. The number of hydrogen-bond acceptors (Lipinski definition) is 3. The summed E-state index contributed by atoms with van der Waals surface area (Å²) in [7, 11) is 1.65. The molecule has 3 N–H and O–H groups in total. The molecule has 0 aliphatic carbocycles. The van der Waals surface area contributed by atoms with Crippen LogP contribution in [0.15, 0.2) is 12.1 Å². The molecule has 0 aliphatic rings. The monoisotopic (exact) mass is 324 g/mol. The average molecular weight is 324 g/mol. The molecule has 3 nitrogen and oxygen atoms in total. The maximum atomic E-state index is 13.2. The van der Waals surface area contributed by atoms with E-state index in [0.717, 1.165) is 13.0 Å². The van der Waals surface area contributed by atoms with Crippen molar-refractivity contribution in [2.45, 2.75) is 6.42 Å². The van der Waals surface area contributed by atoms with Gasteiger partial charge in [-0.15, -0.1) is 0 Å². The number of methoxy groups -OCH3 is 1. The maximum absolute atomic E-state index is 13.2. The fourth-order valence-electron chi connectivity index (χ4n) is 1.15. The summed E-state index contributed by atoms with van der Waals surface area (Å²) in [6, 6.07) is 3.04. The minimum absolute atomic E-state index is 0.251. The zero-order valence-electron chi connectivity index (χ0n) is 8.52. The molecule has 0 saturated heterocycles. The standard InChI is InChI=1S/C10H14FIN2O/c1-15-4-2-3-14-10-5-7(11)8(12)6-9(10)13/h5-6,14H,2-4,13H2,1H3. The Labute approximate surface area is 102 Å². The van der Waals surface area contributed by atoms with Crippen molar-refractivity contribution in [2.24, 2.45) is 0 Å². The summed E-state index contributed by atoms with van der Waals surface area (Å²) in [6.07, 6.45) is 0.865. The second kappa shape index (κ2) is 6.12. The normalized spacial score (nSPS) is 10.3. The van der Waals surface area contributed by atoms with E-state index in [-0.39, 0.29) is 5.82 Å². The summed E-state index contributed by atoms with van der Waals surface area (Å²) in [6.45, 7) is 1.40. The third-order valence-electron chi connectivity index (χ3n) is 1.93. The molecule has 0 amide bonds. The Morgan fingerprint density at radius 3 is 2.93 bits per heavy atom. The van der Waals surface area contributed by atoms with Crippen molar-refractivity contribution in [3.63, 3.8) is 0 Å². The first-order valence-corrected chi connectivity index (χ1v) is 5.70. The quantitative estimate of drug-likeness (QED) is 0.497. The van der Waals surface area contributed by atoms with E-state index in [1.165, 1.54) is 6.07 Å². The molecule has 0 saturated carbocycles. The number of nitrogens with one attached hydrogen (secondary N) is 1. The van der Waals surface area contributed by atoms with Crippen LogP contribution in [0.2, 0.25) is 0 Å². The SMILES string of the molecule is COCCCNc1cc(F)c(I)cc1N. The van der Waals surface area contributed by atoms with Gasteiger partial charge in [0.05, 0.1) is 14.9 Å². The molecule has 84 valence electrons. The van der Waals surface area contributed by atoms with Gasteiger partial charge in [0.1, 0.15) is 5.82 Å². The predicted molar refractivity (Wildman–Crippen MR) is 68.5 cm³/mol. The van der Waals surface area contributed by atoms with E-state index in [1.807, 2.05) is 22.6 Å². The molecule has 0 radical (unpaired) electrons. The third-order valence-corrected chi connectivity index (χ3v) is 2.76. The topological polar surface area (TPSA) is 47.3 Å². The lowest BCUT2D eigenvalue weighted by molar-refractivity contribution is 0.198. The Hall–Kier alpha value is -0.560. The van der Waals surface area contributed by atoms with Crippen molar-refractivity contribution in [2.75, 3.05) is 31.3 Å². The van der Waals surface area contributed by atoms with Gasteiger partial charge in [-0.2, -0.15) is 0 Å². The summed E-state index contributed by atoms with van der Waals surface area (Å²) in [5.74, 6) is -0.251. The minimum Gasteiger partial charge on any atom is -0.397 e. The lowest BCUT2D eigenvalue weighted by Gasteiger charge is -2.09. The van der Waals surface area contributed by atoms with Gasteiger partial charge in [-0.05, 0) is 35.1 Å². The van der Waals surface area contributed by atoms with E-state index < -0.39 is 0 Å². The second-order valence-electron chi connectivity index (χ2n) is 3.13. The van der Waals surface area contributed by atoms with Gasteiger partial charge in [0.15, 0.2) is 0 Å². The molecule has 0 heterocycles. The van der Waals surface area contributed by atoms with Gasteiger partial charge in [-0.3, -0.25) is 0 Å². The van der Waals surface area contributed by atoms with Gasteiger partial charge >= 0.3 is 0 Å². The van der Waals surface area contributed by atoms with E-state index in [0.29, 0.717) is 21.6 Å². The van der Waals surface area contributed by atoms with Crippen LogP contribution in [0.1, 0.15) is 6.42 Å². The minimum atomic E-state index is -0.251. The zero-order chi connectivity index (χ0) is 11.3. The Morgan fingerprint density at radius 1 is 1.53 bits per heavy atom. The van der Waals surface area contributed by atoms with Crippen molar-refractivity contribution >= 4 is 34.0 Å². The molecule has 0 fully saturated rings. The summed E-state index contributed by atoms with van der Waals surface area (Å²) in [4.78, 5) is 0. The average Bonchev–Trinajstić information content (AvgIpc) is 2.20. The first-order valence-electron chi connectivity index (χ1n) is 4.62. The molecule has 0 bridgehead atoms. The number of halogens is 2. The molecule has 1 aromatic carbocycles. The first kappa shape index (κ1) is 12.5. The van der Waals surface area contributed by atoms with Crippen LogP contribution in [0.3, 0.4) is 0 Å². The molecular formula is C10H14FIN2O. The van der Waals surface area contributed by atoms with Gasteiger partial charge in [-0.1, -0.05) is 0 Å². The van der Waals surface area contributed by atoms with Crippen LogP contribution >= 0.6 is 22.6 Å². The van der Waals surface area contributed by atoms with Crippen molar-refractivity contribution in [3.8, 4) is 0 Å². The summed E-state index contributed by atoms with van der Waals surface area (Å²) < 4.78 is 18.6. The highest BCUT2D eigenvalue weighted by atomic mass is 127. The number of nitrogens with two attached hydrogens (primary N) is 1. The van der Waals surface area contributed by atoms with Gasteiger partial charge in [0, 0.05) is 26.3 Å². The molecule has 0 spiro atoms. The third kappa shape index (κ3) is 3.83. The highest BCUT2D eigenvalue weighted by Crippen LogP contribution is 2.23. The Balaban J connectivity index is 2.57. The van der Waals surface area contributed by atoms with Crippen LogP contribution in [-0.4, -0.2) is 20.3 Å². The van der Waals surface area contributed by atoms with E-state index in [9.17, 15) is 4.39 Å². The molecule has 1 rings (SSSR count). The molecule has 15 heavy (non-hydrogen) atoms. The number of ether oxygens (including phenoxy) is 1. The molecule has 0 aromatic heterocycles. The van der Waals surface area contributed by atoms with Crippen LogP contribution in [-0.2, 0) is 4.74 Å². The lowest BCUT2D eigenvalue weighted by atomic mass is 10.2. The van der Waals surface area contributed by atoms with Crippen molar-refractivity contribution in [1.82, 2.24) is 0 Å². The van der Waals surface area contributed by atoms with Crippen molar-refractivity contribution in [3.05, 3.63) is 21.5 Å². The number of anilines is 2. The lowest BCUT2D eigenvalue weighted by Crippen LogP contribution is -2.07. The van der Waals surface area contributed by atoms with Crippen LogP contribution < -0.4 is 11.1 Å². The zero-order valence-corrected chi connectivity index (χ0v) is 10.7. The van der Waals surface area contributed by atoms with Crippen LogP contribution in [0, 0.1) is 9.39 Å². The smallest absolute Gasteiger partial charge is 0.138 e. The number of benzene rings is 1. The summed E-state index contributed by atoms with van der Waals surface area (Å²) >= 11 is 1.91. The molecule has 0 atom stereocenters. The summed E-state index contributed by atoms with van der Waals surface area (Å²) in [5, 5.41) is 3.07. The van der Waals surface area contributed by atoms with Crippen molar-refractivity contribution in [1.29, 1.82) is 0 Å². The van der Waals surface area contributed by atoms with Gasteiger partial charge < -0.3 is 15.8 Å². The predicted octanol–water partition coefficient (Wildman–Crippen LogP) is 2.46. The van der Waals surface area contributed by atoms with Gasteiger partial charge in [0.2, 0.25) is 0 Å². The molecular weight excluding hydrogens is 310 g/mol. The second-order valence-corrected chi connectivity index (χ2v) is 4.29. The fraction of sp³-hybridized carbons (Fsp3) is 0.400. The van der Waals surface area contributed by atoms with Gasteiger partial charge in [-0.25, -0.2) is 4.39 Å². The van der Waals surface area contributed by atoms with Crippen molar-refractivity contribution < 1.29 is 9.13 Å². The summed E-state index contributed by atoms with van der Waals surface area (Å²) in [5.41, 5.74) is 6.95. The number of nitrogen functional groups attached to an aromatic ring is 1.